The quantitative estimate of drug-likeness (QED) is 0.499. The van der Waals surface area contributed by atoms with Crippen LogP contribution in [0, 0.1) is 0 Å². The smallest absolute Gasteiger partial charge is 0.0395 e. The van der Waals surface area contributed by atoms with Gasteiger partial charge in [0.2, 0.25) is 0 Å². The van der Waals surface area contributed by atoms with E-state index in [4.69, 9.17) is 0 Å². The molecule has 0 fully saturated rings. The summed E-state index contributed by atoms with van der Waals surface area (Å²) in [4.78, 5) is 0.533. The number of hydrogen-bond donors (Lipinski definition) is 0. The van der Waals surface area contributed by atoms with Gasteiger partial charge in [-0.2, -0.15) is 11.8 Å². The molecule has 84 valence electrons. The van der Waals surface area contributed by atoms with Crippen LogP contribution in [0.15, 0.2) is 30.3 Å². The van der Waals surface area contributed by atoms with E-state index in [-0.39, 0.29) is 0 Å². The van der Waals surface area contributed by atoms with Gasteiger partial charge in [-0.1, -0.05) is 59.6 Å². The van der Waals surface area contributed by atoms with Gasteiger partial charge in [-0.15, -0.1) is 0 Å². The molecule has 2 heteroatoms. The van der Waals surface area contributed by atoms with Gasteiger partial charge in [0.25, 0.3) is 0 Å². The van der Waals surface area contributed by atoms with Crippen molar-refractivity contribution < 1.29 is 0 Å². The lowest BCUT2D eigenvalue weighted by Crippen LogP contribution is -1.90. The van der Waals surface area contributed by atoms with Gasteiger partial charge in [0.1, 0.15) is 0 Å². The molecule has 0 spiro atoms. The molecule has 0 amide bonds. The fraction of sp³-hybridized carbons (Fsp3) is 0.538. The molecule has 0 aliphatic rings. The summed E-state index contributed by atoms with van der Waals surface area (Å²) >= 11 is 5.79. The summed E-state index contributed by atoms with van der Waals surface area (Å²) in [5.41, 5.74) is 1.40. The minimum atomic E-state index is 0.533. The molecule has 0 aliphatic carbocycles. The molecule has 0 saturated heterocycles. The molecule has 1 rings (SSSR count). The minimum absolute atomic E-state index is 0.533. The molecule has 0 nitrogen and oxygen atoms in total. The summed E-state index contributed by atoms with van der Waals surface area (Å²) in [6.07, 6.45) is 3.90. The van der Waals surface area contributed by atoms with Gasteiger partial charge in [-0.05, 0) is 29.9 Å². The topological polar surface area (TPSA) is 0 Å². The van der Waals surface area contributed by atoms with Gasteiger partial charge in [0, 0.05) is 4.83 Å². The predicted molar refractivity (Wildman–Crippen MR) is 75.0 cm³/mol. The van der Waals surface area contributed by atoms with Crippen molar-refractivity contribution in [3.63, 3.8) is 0 Å². The molecule has 0 aromatic heterocycles. The highest BCUT2D eigenvalue weighted by Crippen LogP contribution is 2.28. The Bertz CT molecular complexity index is 248. The second kappa shape index (κ2) is 8.23. The van der Waals surface area contributed by atoms with Crippen molar-refractivity contribution in [3.05, 3.63) is 35.9 Å². The number of thioether (sulfide) groups is 1. The maximum atomic E-state index is 3.75. The van der Waals surface area contributed by atoms with Crippen molar-refractivity contribution in [1.29, 1.82) is 0 Å². The van der Waals surface area contributed by atoms with Crippen LogP contribution in [0.4, 0.5) is 0 Å². The predicted octanol–water partition coefficient (Wildman–Crippen LogP) is 5.05. The molecule has 0 aliphatic heterocycles. The highest BCUT2D eigenvalue weighted by atomic mass is 79.9. The normalized spacial score (nSPS) is 12.7. The molecular formula is C13H19BrS. The number of halogens is 1. The molecule has 15 heavy (non-hydrogen) atoms. The van der Waals surface area contributed by atoms with E-state index < -0.39 is 0 Å². The SMILES string of the molecule is CCSCCCCC(Br)c1ccccc1. The Morgan fingerprint density at radius 1 is 1.20 bits per heavy atom. The standard InChI is InChI=1S/C13H19BrS/c1-2-15-11-7-6-10-13(14)12-8-4-3-5-9-12/h3-5,8-9,13H,2,6-7,10-11H2,1H3. The molecule has 1 aromatic rings. The number of hydrogen-bond acceptors (Lipinski definition) is 1. The van der Waals surface area contributed by atoms with E-state index in [9.17, 15) is 0 Å². The third-order valence-electron chi connectivity index (χ3n) is 2.36. The Labute approximate surface area is 106 Å². The summed E-state index contributed by atoms with van der Waals surface area (Å²) in [5.74, 6) is 2.56. The summed E-state index contributed by atoms with van der Waals surface area (Å²) in [6.45, 7) is 2.22. The van der Waals surface area contributed by atoms with Crippen LogP contribution in [0.25, 0.3) is 0 Å². The molecule has 0 N–H and O–H groups in total. The molecule has 0 saturated carbocycles. The third-order valence-corrected chi connectivity index (χ3v) is 4.33. The van der Waals surface area contributed by atoms with Gasteiger partial charge in [-0.25, -0.2) is 0 Å². The van der Waals surface area contributed by atoms with Crippen LogP contribution in [0.1, 0.15) is 36.6 Å². The molecule has 0 heterocycles. The average molecular weight is 287 g/mol. The van der Waals surface area contributed by atoms with Crippen molar-refractivity contribution in [2.75, 3.05) is 11.5 Å². The molecule has 0 radical (unpaired) electrons. The van der Waals surface area contributed by atoms with Crippen LogP contribution in [-0.4, -0.2) is 11.5 Å². The Kier molecular flexibility index (Phi) is 7.20. The van der Waals surface area contributed by atoms with E-state index in [1.807, 2.05) is 11.8 Å². The van der Waals surface area contributed by atoms with Crippen molar-refractivity contribution >= 4 is 27.7 Å². The maximum Gasteiger partial charge on any atom is 0.0395 e. The van der Waals surface area contributed by atoms with Gasteiger partial charge < -0.3 is 0 Å². The van der Waals surface area contributed by atoms with E-state index >= 15 is 0 Å². The first-order valence-corrected chi connectivity index (χ1v) is 7.68. The maximum absolute atomic E-state index is 3.75. The Hall–Kier alpha value is 0.0500. The first kappa shape index (κ1) is 13.1. The Morgan fingerprint density at radius 2 is 1.93 bits per heavy atom. The van der Waals surface area contributed by atoms with Gasteiger partial charge >= 0.3 is 0 Å². The first-order chi connectivity index (χ1) is 7.34. The minimum Gasteiger partial charge on any atom is -0.162 e. The van der Waals surface area contributed by atoms with E-state index in [0.29, 0.717) is 4.83 Å². The zero-order valence-electron chi connectivity index (χ0n) is 9.29. The lowest BCUT2D eigenvalue weighted by molar-refractivity contribution is 0.718. The Morgan fingerprint density at radius 3 is 2.60 bits per heavy atom. The van der Waals surface area contributed by atoms with E-state index in [0.717, 1.165) is 0 Å². The monoisotopic (exact) mass is 286 g/mol. The van der Waals surface area contributed by atoms with Crippen molar-refractivity contribution in [1.82, 2.24) is 0 Å². The van der Waals surface area contributed by atoms with Crippen LogP contribution in [0.5, 0.6) is 0 Å². The lowest BCUT2D eigenvalue weighted by Gasteiger charge is -2.09. The van der Waals surface area contributed by atoms with Crippen LogP contribution in [-0.2, 0) is 0 Å². The number of alkyl halides is 1. The molecule has 1 aromatic carbocycles. The Balaban J connectivity index is 2.16. The number of rotatable bonds is 7. The summed E-state index contributed by atoms with van der Waals surface area (Å²) < 4.78 is 0. The number of benzene rings is 1. The van der Waals surface area contributed by atoms with Crippen LogP contribution >= 0.6 is 27.7 Å². The zero-order valence-corrected chi connectivity index (χ0v) is 11.7. The highest BCUT2D eigenvalue weighted by molar-refractivity contribution is 9.09. The van der Waals surface area contributed by atoms with Crippen LogP contribution < -0.4 is 0 Å². The third kappa shape index (κ3) is 5.62. The molecule has 0 bridgehead atoms. The van der Waals surface area contributed by atoms with E-state index in [1.165, 1.54) is 36.3 Å². The fourth-order valence-corrected chi connectivity index (χ4v) is 2.83. The van der Waals surface area contributed by atoms with Crippen LogP contribution in [0.2, 0.25) is 0 Å². The fourth-order valence-electron chi connectivity index (χ4n) is 1.50. The van der Waals surface area contributed by atoms with E-state index in [1.54, 1.807) is 0 Å². The van der Waals surface area contributed by atoms with Crippen molar-refractivity contribution in [2.45, 2.75) is 31.0 Å². The zero-order chi connectivity index (χ0) is 10.9. The molecule has 1 unspecified atom stereocenters. The van der Waals surface area contributed by atoms with Crippen LogP contribution in [0.3, 0.4) is 0 Å². The van der Waals surface area contributed by atoms with E-state index in [2.05, 4.69) is 53.2 Å². The second-order valence-electron chi connectivity index (χ2n) is 3.57. The van der Waals surface area contributed by atoms with Crippen molar-refractivity contribution in [2.24, 2.45) is 0 Å². The molecule has 1 atom stereocenters. The summed E-state index contributed by atoms with van der Waals surface area (Å²) in [6, 6.07) is 10.7. The summed E-state index contributed by atoms with van der Waals surface area (Å²) in [5, 5.41) is 0. The first-order valence-electron chi connectivity index (χ1n) is 5.61. The van der Waals surface area contributed by atoms with Crippen molar-refractivity contribution in [3.8, 4) is 0 Å². The van der Waals surface area contributed by atoms with Gasteiger partial charge in [0.05, 0.1) is 0 Å². The summed E-state index contributed by atoms with van der Waals surface area (Å²) in [7, 11) is 0. The lowest BCUT2D eigenvalue weighted by atomic mass is 10.1. The van der Waals surface area contributed by atoms with Gasteiger partial charge in [0.15, 0.2) is 0 Å². The largest absolute Gasteiger partial charge is 0.162 e. The van der Waals surface area contributed by atoms with Gasteiger partial charge in [-0.3, -0.25) is 0 Å². The highest BCUT2D eigenvalue weighted by Gasteiger charge is 2.05. The molecular weight excluding hydrogens is 268 g/mol. The average Bonchev–Trinajstić information content (AvgIpc) is 2.30. The second-order valence-corrected chi connectivity index (χ2v) is 6.07. The number of unbranched alkanes of at least 4 members (excludes halogenated alkanes) is 1.